The fraction of sp³-hybridized carbons (Fsp3) is 0.419. The molecule has 1 aromatic carbocycles. The van der Waals surface area contributed by atoms with Crippen molar-refractivity contribution >= 4 is 17.5 Å². The van der Waals surface area contributed by atoms with E-state index >= 15 is 4.39 Å². The molecule has 1 saturated heterocycles. The second-order valence-corrected chi connectivity index (χ2v) is 11.2. The van der Waals surface area contributed by atoms with Gasteiger partial charge in [-0.05, 0) is 62.4 Å². The maximum Gasteiger partial charge on any atom is 0.355 e. The molecule has 1 fully saturated rings. The van der Waals surface area contributed by atoms with E-state index in [0.717, 1.165) is 16.8 Å². The van der Waals surface area contributed by atoms with Crippen LogP contribution in [0.3, 0.4) is 0 Å². The van der Waals surface area contributed by atoms with Gasteiger partial charge in [-0.15, -0.1) is 0 Å². The zero-order chi connectivity index (χ0) is 29.6. The van der Waals surface area contributed by atoms with Crippen molar-refractivity contribution in [1.82, 2.24) is 19.4 Å². The summed E-state index contributed by atoms with van der Waals surface area (Å²) >= 11 is 0. The molecule has 4 heterocycles. The number of aryl methyl sites for hydroxylation is 1. The summed E-state index contributed by atoms with van der Waals surface area (Å²) in [6, 6.07) is 5.58. The summed E-state index contributed by atoms with van der Waals surface area (Å²) in [7, 11) is 1.83. The minimum Gasteiger partial charge on any atom is -0.507 e. The Balaban J connectivity index is 1.73. The summed E-state index contributed by atoms with van der Waals surface area (Å²) in [5.41, 5.74) is 2.92. The SMILES string of the molecule is C=CC(=O)N1CCN(c2nc(=O)n(-c3c(C)ccnc3C(C)C)c3c2CCC(c2c(O)cccc2F)N3C)[C@@H](C)C1. The molecule has 0 spiro atoms. The smallest absolute Gasteiger partial charge is 0.355 e. The van der Waals surface area contributed by atoms with Crippen LogP contribution in [0.2, 0.25) is 0 Å². The highest BCUT2D eigenvalue weighted by Gasteiger charge is 2.37. The van der Waals surface area contributed by atoms with Gasteiger partial charge in [0.1, 0.15) is 23.2 Å². The van der Waals surface area contributed by atoms with E-state index < -0.39 is 17.5 Å². The number of phenolic OH excluding ortho intramolecular Hbond substituents is 1. The Hall–Kier alpha value is -4.21. The number of anilines is 2. The van der Waals surface area contributed by atoms with Crippen LogP contribution in [-0.2, 0) is 11.2 Å². The van der Waals surface area contributed by atoms with Gasteiger partial charge in [0.25, 0.3) is 0 Å². The highest BCUT2D eigenvalue weighted by Crippen LogP contribution is 2.44. The van der Waals surface area contributed by atoms with Crippen LogP contribution in [0.25, 0.3) is 5.69 Å². The lowest BCUT2D eigenvalue weighted by atomic mass is 9.92. The quantitative estimate of drug-likeness (QED) is 0.466. The number of pyridine rings is 1. The molecule has 0 radical (unpaired) electrons. The van der Waals surface area contributed by atoms with Crippen LogP contribution in [-0.4, -0.2) is 63.2 Å². The van der Waals surface area contributed by atoms with Crippen LogP contribution in [0.1, 0.15) is 61.5 Å². The van der Waals surface area contributed by atoms with E-state index in [1.807, 2.05) is 45.7 Å². The van der Waals surface area contributed by atoms with Crippen molar-refractivity contribution in [2.75, 3.05) is 36.5 Å². The van der Waals surface area contributed by atoms with Gasteiger partial charge in [-0.25, -0.2) is 13.8 Å². The highest BCUT2D eigenvalue weighted by atomic mass is 19.1. The summed E-state index contributed by atoms with van der Waals surface area (Å²) < 4.78 is 16.8. The van der Waals surface area contributed by atoms with Crippen molar-refractivity contribution in [3.05, 3.63) is 81.8 Å². The van der Waals surface area contributed by atoms with Gasteiger partial charge in [-0.2, -0.15) is 4.98 Å². The van der Waals surface area contributed by atoms with Crippen LogP contribution >= 0.6 is 0 Å². The van der Waals surface area contributed by atoms with Crippen LogP contribution < -0.4 is 15.5 Å². The van der Waals surface area contributed by atoms with Gasteiger partial charge in [0, 0.05) is 44.5 Å². The van der Waals surface area contributed by atoms with E-state index in [0.29, 0.717) is 49.8 Å². The third-order valence-electron chi connectivity index (χ3n) is 8.29. The second-order valence-electron chi connectivity index (χ2n) is 11.2. The Morgan fingerprint density at radius 1 is 1.24 bits per heavy atom. The van der Waals surface area contributed by atoms with Crippen molar-refractivity contribution in [2.24, 2.45) is 0 Å². The number of amides is 1. The Morgan fingerprint density at radius 2 is 2.00 bits per heavy atom. The number of fused-ring (bicyclic) bond motifs is 1. The zero-order valence-corrected chi connectivity index (χ0v) is 24.3. The highest BCUT2D eigenvalue weighted by molar-refractivity contribution is 5.87. The molecule has 2 aromatic heterocycles. The number of piperazine rings is 1. The van der Waals surface area contributed by atoms with E-state index in [2.05, 4.69) is 21.4 Å². The van der Waals surface area contributed by atoms with Gasteiger partial charge in [-0.1, -0.05) is 26.5 Å². The molecule has 1 N–H and O–H groups in total. The molecule has 0 bridgehead atoms. The van der Waals surface area contributed by atoms with Gasteiger partial charge >= 0.3 is 5.69 Å². The van der Waals surface area contributed by atoms with Crippen LogP contribution in [0.15, 0.2) is 47.9 Å². The predicted molar refractivity (Wildman–Crippen MR) is 158 cm³/mol. The summed E-state index contributed by atoms with van der Waals surface area (Å²) in [5.74, 6) is 0.477. The van der Waals surface area contributed by atoms with Crippen LogP contribution in [0.5, 0.6) is 5.75 Å². The monoisotopic (exact) mass is 560 g/mol. The molecular weight excluding hydrogens is 523 g/mol. The number of carbonyl (C=O) groups excluding carboxylic acids is 1. The molecule has 1 unspecified atom stereocenters. The number of nitrogens with zero attached hydrogens (tertiary/aromatic N) is 6. The lowest BCUT2D eigenvalue weighted by Gasteiger charge is -2.43. The molecule has 2 aliphatic rings. The molecule has 0 aliphatic carbocycles. The summed E-state index contributed by atoms with van der Waals surface area (Å²) in [6.45, 7) is 13.1. The molecule has 41 heavy (non-hydrogen) atoms. The Labute approximate surface area is 239 Å². The van der Waals surface area contributed by atoms with E-state index in [1.54, 1.807) is 15.7 Å². The average Bonchev–Trinajstić information content (AvgIpc) is 2.93. The first-order chi connectivity index (χ1) is 19.5. The number of rotatable bonds is 5. The Bertz CT molecular complexity index is 1550. The third kappa shape index (κ3) is 4.85. The molecule has 2 atom stereocenters. The van der Waals surface area contributed by atoms with E-state index in [1.165, 1.54) is 24.3 Å². The maximum absolute atomic E-state index is 15.1. The Kier molecular flexibility index (Phi) is 7.59. The Morgan fingerprint density at radius 3 is 2.66 bits per heavy atom. The van der Waals surface area contributed by atoms with Gasteiger partial charge in [-0.3, -0.25) is 9.78 Å². The topological polar surface area (TPSA) is 94.8 Å². The number of hydrogen-bond donors (Lipinski definition) is 1. The van der Waals surface area contributed by atoms with E-state index in [-0.39, 0.29) is 29.2 Å². The standard InChI is InChI=1S/C31H37FN6O3/c1-7-25(40)36-15-16-37(20(5)17-36)29-21-11-12-23(26-22(32)9-8-10-24(26)39)35(6)30(21)38(31(41)34-29)28-19(4)13-14-33-27(28)18(2)3/h7-10,13-14,18,20,23,39H,1,11-12,15-17H2,2-6H3/t20-,23?/m0/s1. The number of aromatic nitrogens is 3. The second kappa shape index (κ2) is 11.0. The van der Waals surface area contributed by atoms with Crippen molar-refractivity contribution in [3.63, 3.8) is 0 Å². The summed E-state index contributed by atoms with van der Waals surface area (Å²) in [5, 5.41) is 10.7. The minimum absolute atomic E-state index is 0.0305. The van der Waals surface area contributed by atoms with Crippen molar-refractivity contribution < 1.29 is 14.3 Å². The van der Waals surface area contributed by atoms with E-state index in [4.69, 9.17) is 0 Å². The van der Waals surface area contributed by atoms with Gasteiger partial charge in [0.05, 0.1) is 23.0 Å². The molecule has 1 amide bonds. The number of hydrogen-bond acceptors (Lipinski definition) is 7. The minimum atomic E-state index is -0.511. The largest absolute Gasteiger partial charge is 0.507 e. The van der Waals surface area contributed by atoms with Gasteiger partial charge < -0.3 is 19.8 Å². The lowest BCUT2D eigenvalue weighted by molar-refractivity contribution is -0.126. The maximum atomic E-state index is 15.1. The van der Waals surface area contributed by atoms with Gasteiger partial charge in [0.15, 0.2) is 0 Å². The van der Waals surface area contributed by atoms with Crippen molar-refractivity contribution in [2.45, 2.75) is 58.5 Å². The molecule has 5 rings (SSSR count). The van der Waals surface area contributed by atoms with Crippen LogP contribution in [0, 0.1) is 12.7 Å². The fourth-order valence-electron chi connectivity index (χ4n) is 6.27. The normalized spacial score (nSPS) is 19.0. The number of benzene rings is 1. The van der Waals surface area contributed by atoms with E-state index in [9.17, 15) is 14.7 Å². The predicted octanol–water partition coefficient (Wildman–Crippen LogP) is 4.25. The molecule has 3 aromatic rings. The lowest BCUT2D eigenvalue weighted by Crippen LogP contribution is -2.54. The summed E-state index contributed by atoms with van der Waals surface area (Å²) in [6.07, 6.45) is 4.08. The average molecular weight is 561 g/mol. The first-order valence-electron chi connectivity index (χ1n) is 14.0. The number of halogens is 1. The molecule has 10 heteroatoms. The first-order valence-corrected chi connectivity index (χ1v) is 14.0. The van der Waals surface area contributed by atoms with Gasteiger partial charge in [0.2, 0.25) is 5.91 Å². The molecular formula is C31H37FN6O3. The van der Waals surface area contributed by atoms with Crippen molar-refractivity contribution in [1.29, 1.82) is 0 Å². The zero-order valence-electron chi connectivity index (χ0n) is 24.3. The molecule has 0 saturated carbocycles. The molecule has 216 valence electrons. The number of phenols is 1. The summed E-state index contributed by atoms with van der Waals surface area (Å²) in [4.78, 5) is 41.4. The first kappa shape index (κ1) is 28.3. The third-order valence-corrected chi connectivity index (χ3v) is 8.29. The number of aromatic hydroxyl groups is 1. The fourth-order valence-corrected chi connectivity index (χ4v) is 6.27. The van der Waals surface area contributed by atoms with Crippen molar-refractivity contribution in [3.8, 4) is 11.4 Å². The molecule has 2 aliphatic heterocycles. The number of carbonyl (C=O) groups is 1. The van der Waals surface area contributed by atoms with Crippen LogP contribution in [0.4, 0.5) is 16.0 Å². The molecule has 9 nitrogen and oxygen atoms in total.